The Morgan fingerprint density at radius 3 is 2.35 bits per heavy atom. The lowest BCUT2D eigenvalue weighted by Crippen LogP contribution is -2.32. The van der Waals surface area contributed by atoms with E-state index in [1.54, 1.807) is 0 Å². The molecule has 1 atom stereocenters. The highest BCUT2D eigenvalue weighted by atomic mass is 15.1. The average Bonchev–Trinajstić information content (AvgIpc) is 2.39. The Hall–Kier alpha value is -0.930. The first-order valence-corrected chi connectivity index (χ1v) is 7.75. The van der Waals surface area contributed by atoms with Crippen LogP contribution in [0.3, 0.4) is 0 Å². The van der Waals surface area contributed by atoms with E-state index in [1.165, 1.54) is 5.56 Å². The van der Waals surface area contributed by atoms with E-state index in [1.807, 2.05) is 6.20 Å². The first kappa shape index (κ1) is 17.1. The molecular formula is C17H31N3. The Morgan fingerprint density at radius 2 is 1.85 bits per heavy atom. The maximum atomic E-state index is 4.58. The number of hydrogen-bond donors (Lipinski definition) is 1. The highest BCUT2D eigenvalue weighted by molar-refractivity contribution is 5.14. The van der Waals surface area contributed by atoms with Crippen LogP contribution in [0.25, 0.3) is 0 Å². The van der Waals surface area contributed by atoms with Crippen molar-refractivity contribution >= 4 is 0 Å². The maximum absolute atomic E-state index is 4.58. The van der Waals surface area contributed by atoms with Crippen molar-refractivity contribution in [3.8, 4) is 0 Å². The van der Waals surface area contributed by atoms with Gasteiger partial charge >= 0.3 is 0 Å². The lowest BCUT2D eigenvalue weighted by atomic mass is 10.1. The molecule has 0 amide bonds. The molecule has 0 aromatic carbocycles. The standard InChI is InChI=1S/C17H31N3/c1-13(2)9-18-10-16-7-8-17(19-11-16)12-20(6)15(5)14(3)4/h7-8,11,13-15,18H,9-10,12H2,1-6H3. The highest BCUT2D eigenvalue weighted by Gasteiger charge is 2.13. The predicted octanol–water partition coefficient (Wildman–Crippen LogP) is 3.30. The number of rotatable bonds is 8. The van der Waals surface area contributed by atoms with Crippen LogP contribution >= 0.6 is 0 Å². The molecule has 1 aromatic rings. The van der Waals surface area contributed by atoms with Gasteiger partial charge in [0.05, 0.1) is 5.69 Å². The molecule has 0 aliphatic carbocycles. The van der Waals surface area contributed by atoms with Crippen molar-refractivity contribution in [2.45, 2.75) is 53.8 Å². The summed E-state index contributed by atoms with van der Waals surface area (Å²) in [6.07, 6.45) is 2.00. The molecule has 0 aliphatic heterocycles. The summed E-state index contributed by atoms with van der Waals surface area (Å²) in [5.41, 5.74) is 2.40. The molecule has 1 heterocycles. The smallest absolute Gasteiger partial charge is 0.0544 e. The van der Waals surface area contributed by atoms with Gasteiger partial charge in [0, 0.05) is 25.3 Å². The second-order valence-electron chi connectivity index (χ2n) is 6.58. The molecule has 0 spiro atoms. The summed E-state index contributed by atoms with van der Waals surface area (Å²) in [7, 11) is 2.17. The zero-order chi connectivity index (χ0) is 15.1. The molecule has 1 aromatic heterocycles. The van der Waals surface area contributed by atoms with Gasteiger partial charge in [0.15, 0.2) is 0 Å². The van der Waals surface area contributed by atoms with E-state index < -0.39 is 0 Å². The van der Waals surface area contributed by atoms with Crippen LogP contribution < -0.4 is 5.32 Å². The van der Waals surface area contributed by atoms with Crippen LogP contribution in [0.2, 0.25) is 0 Å². The number of nitrogens with zero attached hydrogens (tertiary/aromatic N) is 2. The van der Waals surface area contributed by atoms with E-state index in [4.69, 9.17) is 0 Å². The Bertz CT molecular complexity index is 370. The Morgan fingerprint density at radius 1 is 1.15 bits per heavy atom. The van der Waals surface area contributed by atoms with Crippen molar-refractivity contribution in [3.63, 3.8) is 0 Å². The highest BCUT2D eigenvalue weighted by Crippen LogP contribution is 2.11. The minimum Gasteiger partial charge on any atom is -0.312 e. The number of nitrogens with one attached hydrogen (secondary N) is 1. The summed E-state index contributed by atoms with van der Waals surface area (Å²) >= 11 is 0. The molecule has 1 unspecified atom stereocenters. The summed E-state index contributed by atoms with van der Waals surface area (Å²) in [6, 6.07) is 4.91. The molecule has 1 N–H and O–H groups in total. The zero-order valence-electron chi connectivity index (χ0n) is 14.0. The van der Waals surface area contributed by atoms with Crippen molar-refractivity contribution in [1.29, 1.82) is 0 Å². The van der Waals surface area contributed by atoms with Crippen LogP contribution in [0.15, 0.2) is 18.3 Å². The molecule has 0 radical (unpaired) electrons. The van der Waals surface area contributed by atoms with Crippen molar-refractivity contribution in [1.82, 2.24) is 15.2 Å². The normalized spacial score (nSPS) is 13.4. The zero-order valence-corrected chi connectivity index (χ0v) is 14.0. The molecule has 3 nitrogen and oxygen atoms in total. The van der Waals surface area contributed by atoms with Crippen LogP contribution in [0.1, 0.15) is 45.9 Å². The van der Waals surface area contributed by atoms with Gasteiger partial charge in [0.2, 0.25) is 0 Å². The van der Waals surface area contributed by atoms with Crippen LogP contribution in [0.4, 0.5) is 0 Å². The summed E-state index contributed by atoms with van der Waals surface area (Å²) < 4.78 is 0. The number of aromatic nitrogens is 1. The van der Waals surface area contributed by atoms with Crippen LogP contribution in [0.5, 0.6) is 0 Å². The molecule has 20 heavy (non-hydrogen) atoms. The molecular weight excluding hydrogens is 246 g/mol. The summed E-state index contributed by atoms with van der Waals surface area (Å²) in [4.78, 5) is 6.94. The van der Waals surface area contributed by atoms with E-state index in [9.17, 15) is 0 Å². The second kappa shape index (κ2) is 8.38. The molecule has 0 saturated carbocycles. The van der Waals surface area contributed by atoms with E-state index in [2.05, 4.69) is 69.0 Å². The van der Waals surface area contributed by atoms with Gasteiger partial charge in [-0.2, -0.15) is 0 Å². The fraction of sp³-hybridized carbons (Fsp3) is 0.706. The molecule has 0 bridgehead atoms. The van der Waals surface area contributed by atoms with Gasteiger partial charge in [-0.1, -0.05) is 33.8 Å². The molecule has 1 rings (SSSR count). The van der Waals surface area contributed by atoms with Crippen molar-refractivity contribution < 1.29 is 0 Å². The van der Waals surface area contributed by atoms with E-state index >= 15 is 0 Å². The van der Waals surface area contributed by atoms with E-state index in [0.717, 1.165) is 25.3 Å². The minimum absolute atomic E-state index is 0.573. The third-order valence-corrected chi connectivity index (χ3v) is 3.84. The number of pyridine rings is 1. The quantitative estimate of drug-likeness (QED) is 0.790. The second-order valence-corrected chi connectivity index (χ2v) is 6.58. The Labute approximate surface area is 124 Å². The fourth-order valence-corrected chi connectivity index (χ4v) is 2.07. The molecule has 114 valence electrons. The van der Waals surface area contributed by atoms with Gasteiger partial charge < -0.3 is 5.32 Å². The fourth-order valence-electron chi connectivity index (χ4n) is 2.07. The van der Waals surface area contributed by atoms with Gasteiger partial charge in [-0.15, -0.1) is 0 Å². The van der Waals surface area contributed by atoms with Gasteiger partial charge in [-0.05, 0) is 44.0 Å². The van der Waals surface area contributed by atoms with Crippen LogP contribution in [0, 0.1) is 11.8 Å². The Balaban J connectivity index is 2.46. The largest absolute Gasteiger partial charge is 0.312 e. The summed E-state index contributed by atoms with van der Waals surface area (Å²) in [5, 5.41) is 3.44. The first-order chi connectivity index (χ1) is 9.40. The van der Waals surface area contributed by atoms with Crippen molar-refractivity contribution in [2.75, 3.05) is 13.6 Å². The number of hydrogen-bond acceptors (Lipinski definition) is 3. The van der Waals surface area contributed by atoms with Crippen molar-refractivity contribution in [3.05, 3.63) is 29.6 Å². The van der Waals surface area contributed by atoms with Crippen LogP contribution in [-0.4, -0.2) is 29.5 Å². The maximum Gasteiger partial charge on any atom is 0.0544 e. The van der Waals surface area contributed by atoms with Gasteiger partial charge in [-0.25, -0.2) is 0 Å². The lowest BCUT2D eigenvalue weighted by molar-refractivity contribution is 0.198. The SMILES string of the molecule is CC(C)CNCc1ccc(CN(C)C(C)C(C)C)nc1. The summed E-state index contributed by atoms with van der Waals surface area (Å²) in [5.74, 6) is 1.35. The average molecular weight is 277 g/mol. The molecule has 0 fully saturated rings. The van der Waals surface area contributed by atoms with E-state index in [-0.39, 0.29) is 0 Å². The van der Waals surface area contributed by atoms with E-state index in [0.29, 0.717) is 17.9 Å². The minimum atomic E-state index is 0.573. The third-order valence-electron chi connectivity index (χ3n) is 3.84. The topological polar surface area (TPSA) is 28.2 Å². The van der Waals surface area contributed by atoms with Gasteiger partial charge in [-0.3, -0.25) is 9.88 Å². The molecule has 0 aliphatic rings. The Kier molecular flexibility index (Phi) is 7.17. The van der Waals surface area contributed by atoms with Gasteiger partial charge in [0.1, 0.15) is 0 Å². The molecule has 0 saturated heterocycles. The monoisotopic (exact) mass is 277 g/mol. The van der Waals surface area contributed by atoms with Crippen molar-refractivity contribution in [2.24, 2.45) is 11.8 Å². The van der Waals surface area contributed by atoms with Crippen LogP contribution in [-0.2, 0) is 13.1 Å². The summed E-state index contributed by atoms with van der Waals surface area (Å²) in [6.45, 7) is 14.1. The lowest BCUT2D eigenvalue weighted by Gasteiger charge is -2.27. The first-order valence-electron chi connectivity index (χ1n) is 7.75. The predicted molar refractivity (Wildman–Crippen MR) is 86.5 cm³/mol. The van der Waals surface area contributed by atoms with Gasteiger partial charge in [0.25, 0.3) is 0 Å². The third kappa shape index (κ3) is 6.02. The molecule has 3 heteroatoms.